The van der Waals surface area contributed by atoms with Crippen LogP contribution in [0.5, 0.6) is 0 Å². The second-order valence-corrected chi connectivity index (χ2v) is 8.72. The van der Waals surface area contributed by atoms with Crippen LogP contribution in [0.1, 0.15) is 17.7 Å². The SMILES string of the molecule is O=C(CCc1csc(NS(=O)(=O)c2ccc(F)cc2)n1)NCc1c(F)cccc1F. The van der Waals surface area contributed by atoms with Crippen molar-refractivity contribution in [1.29, 1.82) is 0 Å². The van der Waals surface area contributed by atoms with Crippen molar-refractivity contribution in [3.05, 3.63) is 76.6 Å². The minimum atomic E-state index is -3.91. The molecular weight excluding hydrogens is 439 g/mol. The third-order valence-electron chi connectivity index (χ3n) is 4.03. The first-order valence-corrected chi connectivity index (χ1v) is 11.0. The summed E-state index contributed by atoms with van der Waals surface area (Å²) in [6.45, 7) is -0.281. The van der Waals surface area contributed by atoms with Crippen LogP contribution in [0, 0.1) is 17.5 Å². The number of amides is 1. The molecular formula is C19H16F3N3O3S2. The Morgan fingerprint density at radius 2 is 1.70 bits per heavy atom. The Morgan fingerprint density at radius 3 is 2.37 bits per heavy atom. The second-order valence-electron chi connectivity index (χ2n) is 6.18. The van der Waals surface area contributed by atoms with Crippen LogP contribution in [0.15, 0.2) is 52.7 Å². The van der Waals surface area contributed by atoms with E-state index < -0.39 is 33.4 Å². The molecule has 158 valence electrons. The zero-order chi connectivity index (χ0) is 21.7. The van der Waals surface area contributed by atoms with Gasteiger partial charge in [0.15, 0.2) is 5.13 Å². The highest BCUT2D eigenvalue weighted by atomic mass is 32.2. The van der Waals surface area contributed by atoms with Crippen molar-refractivity contribution in [3.8, 4) is 0 Å². The lowest BCUT2D eigenvalue weighted by molar-refractivity contribution is -0.121. The van der Waals surface area contributed by atoms with Gasteiger partial charge in [-0.15, -0.1) is 11.3 Å². The van der Waals surface area contributed by atoms with Gasteiger partial charge in [-0.2, -0.15) is 0 Å². The van der Waals surface area contributed by atoms with E-state index in [1.807, 2.05) is 0 Å². The smallest absolute Gasteiger partial charge is 0.263 e. The Hall–Kier alpha value is -2.92. The van der Waals surface area contributed by atoms with Gasteiger partial charge >= 0.3 is 0 Å². The van der Waals surface area contributed by atoms with Crippen LogP contribution in [0.25, 0.3) is 0 Å². The Balaban J connectivity index is 1.53. The van der Waals surface area contributed by atoms with Crippen molar-refractivity contribution < 1.29 is 26.4 Å². The maximum absolute atomic E-state index is 13.6. The highest BCUT2D eigenvalue weighted by molar-refractivity contribution is 7.93. The van der Waals surface area contributed by atoms with Crippen molar-refractivity contribution in [2.45, 2.75) is 24.3 Å². The minimum Gasteiger partial charge on any atom is -0.352 e. The number of carbonyl (C=O) groups excluding carboxylic acids is 1. The number of thiazole rings is 1. The number of halogens is 3. The molecule has 0 spiro atoms. The van der Waals surface area contributed by atoms with Crippen LogP contribution in [0.4, 0.5) is 18.3 Å². The molecule has 0 aliphatic rings. The second kappa shape index (κ2) is 9.26. The molecule has 0 saturated carbocycles. The van der Waals surface area contributed by atoms with E-state index in [1.165, 1.54) is 6.07 Å². The molecule has 30 heavy (non-hydrogen) atoms. The average Bonchev–Trinajstić information content (AvgIpc) is 3.13. The standard InChI is InChI=1S/C19H16F3N3O3S2/c20-12-4-7-14(8-5-12)30(27,28)25-19-24-13(11-29-19)6-9-18(26)23-10-15-16(21)2-1-3-17(15)22/h1-5,7-8,11H,6,9-10H2,(H,23,26)(H,24,25). The molecule has 6 nitrogen and oxygen atoms in total. The number of nitrogens with zero attached hydrogens (tertiary/aromatic N) is 1. The molecule has 0 unspecified atom stereocenters. The number of anilines is 1. The first-order valence-electron chi connectivity index (χ1n) is 8.67. The minimum absolute atomic E-state index is 0.00393. The van der Waals surface area contributed by atoms with Crippen molar-refractivity contribution in [2.75, 3.05) is 4.72 Å². The van der Waals surface area contributed by atoms with E-state index >= 15 is 0 Å². The summed E-state index contributed by atoms with van der Waals surface area (Å²) in [5.74, 6) is -2.47. The van der Waals surface area contributed by atoms with Crippen LogP contribution in [-0.4, -0.2) is 19.3 Å². The summed E-state index contributed by atoms with van der Waals surface area (Å²) >= 11 is 1.03. The molecule has 0 fully saturated rings. The molecule has 0 saturated heterocycles. The molecule has 3 aromatic rings. The molecule has 11 heteroatoms. The molecule has 2 N–H and O–H groups in total. The van der Waals surface area contributed by atoms with E-state index in [2.05, 4.69) is 15.0 Å². The van der Waals surface area contributed by atoms with E-state index in [9.17, 15) is 26.4 Å². The molecule has 0 radical (unpaired) electrons. The van der Waals surface area contributed by atoms with Gasteiger partial charge in [0.2, 0.25) is 5.91 Å². The zero-order valence-corrected chi connectivity index (χ0v) is 17.0. The van der Waals surface area contributed by atoms with Gasteiger partial charge in [0.05, 0.1) is 10.6 Å². The maximum atomic E-state index is 13.6. The maximum Gasteiger partial charge on any atom is 0.263 e. The molecule has 0 aliphatic heterocycles. The lowest BCUT2D eigenvalue weighted by Gasteiger charge is -2.07. The van der Waals surface area contributed by atoms with Crippen LogP contribution >= 0.6 is 11.3 Å². The van der Waals surface area contributed by atoms with Gasteiger partial charge in [0, 0.05) is 23.9 Å². The van der Waals surface area contributed by atoms with Crippen LogP contribution in [-0.2, 0) is 27.8 Å². The number of aryl methyl sites for hydroxylation is 1. The molecule has 0 aliphatic carbocycles. The fourth-order valence-electron chi connectivity index (χ4n) is 2.47. The number of sulfonamides is 1. The molecule has 0 atom stereocenters. The summed E-state index contributed by atoms with van der Waals surface area (Å²) in [4.78, 5) is 15.9. The lowest BCUT2D eigenvalue weighted by atomic mass is 10.2. The number of hydrogen-bond acceptors (Lipinski definition) is 5. The summed E-state index contributed by atoms with van der Waals surface area (Å²) in [5.41, 5.74) is 0.251. The van der Waals surface area contributed by atoms with Crippen molar-refractivity contribution >= 4 is 32.4 Å². The zero-order valence-electron chi connectivity index (χ0n) is 15.4. The molecule has 2 aromatic carbocycles. The van der Waals surface area contributed by atoms with Gasteiger partial charge in [-0.25, -0.2) is 26.6 Å². The quantitative estimate of drug-likeness (QED) is 0.543. The van der Waals surface area contributed by atoms with Gasteiger partial charge in [0.25, 0.3) is 10.0 Å². The van der Waals surface area contributed by atoms with Crippen molar-refractivity contribution in [1.82, 2.24) is 10.3 Å². The summed E-state index contributed by atoms with van der Waals surface area (Å²) in [7, 11) is -3.91. The normalized spacial score (nSPS) is 11.3. The number of benzene rings is 2. The van der Waals surface area contributed by atoms with Gasteiger partial charge in [-0.1, -0.05) is 6.07 Å². The number of carbonyl (C=O) groups is 1. The van der Waals surface area contributed by atoms with E-state index in [1.54, 1.807) is 5.38 Å². The molecule has 3 rings (SSSR count). The van der Waals surface area contributed by atoms with Crippen LogP contribution in [0.3, 0.4) is 0 Å². The largest absolute Gasteiger partial charge is 0.352 e. The predicted molar refractivity (Wildman–Crippen MR) is 106 cm³/mol. The Kier molecular flexibility index (Phi) is 6.73. The molecule has 0 bridgehead atoms. The topological polar surface area (TPSA) is 88.2 Å². The lowest BCUT2D eigenvalue weighted by Crippen LogP contribution is -2.24. The monoisotopic (exact) mass is 455 g/mol. The fraction of sp³-hybridized carbons (Fsp3) is 0.158. The summed E-state index contributed by atoms with van der Waals surface area (Å²) in [6.07, 6.45) is 0.213. The van der Waals surface area contributed by atoms with Gasteiger partial charge in [0.1, 0.15) is 17.5 Å². The van der Waals surface area contributed by atoms with Crippen LogP contribution < -0.4 is 10.0 Å². The molecule has 1 heterocycles. The highest BCUT2D eigenvalue weighted by Gasteiger charge is 2.17. The van der Waals surface area contributed by atoms with E-state index in [0.717, 1.165) is 47.7 Å². The summed E-state index contributed by atoms with van der Waals surface area (Å²) in [6, 6.07) is 7.79. The van der Waals surface area contributed by atoms with Crippen molar-refractivity contribution in [2.24, 2.45) is 0 Å². The summed E-state index contributed by atoms with van der Waals surface area (Å²) < 4.78 is 66.9. The van der Waals surface area contributed by atoms with E-state index in [0.29, 0.717) is 5.69 Å². The fourth-order valence-corrected chi connectivity index (χ4v) is 4.47. The number of aromatic nitrogens is 1. The average molecular weight is 455 g/mol. The van der Waals surface area contributed by atoms with Crippen molar-refractivity contribution in [3.63, 3.8) is 0 Å². The van der Waals surface area contributed by atoms with Gasteiger partial charge < -0.3 is 5.32 Å². The highest BCUT2D eigenvalue weighted by Crippen LogP contribution is 2.21. The van der Waals surface area contributed by atoms with Gasteiger partial charge in [-0.3, -0.25) is 9.52 Å². The third kappa shape index (κ3) is 5.57. The number of rotatable bonds is 8. The summed E-state index contributed by atoms with van der Waals surface area (Å²) in [5, 5.41) is 4.13. The Morgan fingerprint density at radius 1 is 1.03 bits per heavy atom. The van der Waals surface area contributed by atoms with Gasteiger partial charge in [-0.05, 0) is 42.8 Å². The molecule has 1 aromatic heterocycles. The third-order valence-corrected chi connectivity index (χ3v) is 6.32. The van der Waals surface area contributed by atoms with Crippen LogP contribution in [0.2, 0.25) is 0 Å². The van der Waals surface area contributed by atoms with E-state index in [-0.39, 0.29) is 35.0 Å². The Bertz CT molecular complexity index is 1130. The number of hydrogen-bond donors (Lipinski definition) is 2. The van der Waals surface area contributed by atoms with E-state index in [4.69, 9.17) is 0 Å². The first-order chi connectivity index (χ1) is 14.2. The predicted octanol–water partition coefficient (Wildman–Crippen LogP) is 3.61. The Labute approximate surface area is 174 Å². The first kappa shape index (κ1) is 21.8. The number of nitrogens with one attached hydrogen (secondary N) is 2. The molecule has 1 amide bonds.